The summed E-state index contributed by atoms with van der Waals surface area (Å²) in [5.74, 6) is 1.84. The second-order valence-electron chi connectivity index (χ2n) is 4.85. The van der Waals surface area contributed by atoms with Crippen LogP contribution in [-0.4, -0.2) is 25.2 Å². The highest BCUT2D eigenvalue weighted by Gasteiger charge is 2.14. The van der Waals surface area contributed by atoms with E-state index in [0.717, 1.165) is 39.5 Å². The van der Waals surface area contributed by atoms with E-state index in [-0.39, 0.29) is 11.0 Å². The highest BCUT2D eigenvalue weighted by molar-refractivity contribution is 6.11. The van der Waals surface area contributed by atoms with Gasteiger partial charge in [0.05, 0.1) is 14.2 Å². The summed E-state index contributed by atoms with van der Waals surface area (Å²) in [5.41, 5.74) is 1.30. The molecule has 0 atom stereocenters. The smallest absolute Gasteiger partial charge is 0.134 e. The molecule has 0 N–H and O–H groups in total. The monoisotopic (exact) mass is 298 g/mol. The van der Waals surface area contributed by atoms with Gasteiger partial charge >= 0.3 is 0 Å². The van der Waals surface area contributed by atoms with Crippen molar-refractivity contribution in [3.05, 3.63) is 48.0 Å². The molecule has 0 fully saturated rings. The number of rotatable bonds is 3. The molecule has 0 unspecified atom stereocenters. The molecule has 0 heterocycles. The van der Waals surface area contributed by atoms with Crippen LogP contribution >= 0.6 is 0 Å². The molecule has 3 aromatic rings. The molecule has 0 aliphatic carbocycles. The minimum atomic E-state index is 0. The summed E-state index contributed by atoms with van der Waals surface area (Å²) in [4.78, 5) is 0. The first-order chi connectivity index (χ1) is 9.80. The summed E-state index contributed by atoms with van der Waals surface area (Å²) in [6, 6.07) is 14.7. The van der Waals surface area contributed by atoms with E-state index in [0.29, 0.717) is 0 Å². The van der Waals surface area contributed by atoms with Gasteiger partial charge in [-0.3, -0.25) is 0 Å². The topological polar surface area (TPSA) is 18.5 Å². The van der Waals surface area contributed by atoms with E-state index in [4.69, 9.17) is 9.47 Å². The molecule has 0 spiro atoms. The third-order valence-corrected chi connectivity index (χ3v) is 3.81. The summed E-state index contributed by atoms with van der Waals surface area (Å²) in [7, 11) is 3.45. The first kappa shape index (κ1) is 15.4. The molecular formula is C18H22O2Si. The van der Waals surface area contributed by atoms with Crippen molar-refractivity contribution in [1.82, 2.24) is 0 Å². The van der Waals surface area contributed by atoms with Crippen molar-refractivity contribution >= 4 is 32.5 Å². The summed E-state index contributed by atoms with van der Waals surface area (Å²) in [6.07, 6.45) is 1.01. The largest absolute Gasteiger partial charge is 0.495 e. The molecule has 0 bridgehead atoms. The third-order valence-electron chi connectivity index (χ3n) is 3.81. The number of aryl methyl sites for hydroxylation is 1. The van der Waals surface area contributed by atoms with E-state index in [2.05, 4.69) is 37.3 Å². The van der Waals surface area contributed by atoms with Gasteiger partial charge in [-0.05, 0) is 29.0 Å². The van der Waals surface area contributed by atoms with Gasteiger partial charge in [-0.2, -0.15) is 0 Å². The van der Waals surface area contributed by atoms with Crippen LogP contribution in [0.1, 0.15) is 12.5 Å². The molecule has 2 nitrogen and oxygen atoms in total. The lowest BCUT2D eigenvalue weighted by Gasteiger charge is -2.15. The van der Waals surface area contributed by atoms with Gasteiger partial charge in [0.25, 0.3) is 0 Å². The van der Waals surface area contributed by atoms with Gasteiger partial charge in [-0.1, -0.05) is 43.3 Å². The maximum atomic E-state index is 5.68. The van der Waals surface area contributed by atoms with E-state index in [1.54, 1.807) is 14.2 Å². The van der Waals surface area contributed by atoms with Gasteiger partial charge in [0.1, 0.15) is 11.5 Å². The van der Waals surface area contributed by atoms with Crippen LogP contribution < -0.4 is 9.47 Å². The molecule has 0 saturated carbocycles. The fourth-order valence-corrected chi connectivity index (χ4v) is 2.81. The van der Waals surface area contributed by atoms with Crippen LogP contribution in [0.4, 0.5) is 0 Å². The Morgan fingerprint density at radius 3 is 1.81 bits per heavy atom. The predicted molar refractivity (Wildman–Crippen MR) is 95.3 cm³/mol. The van der Waals surface area contributed by atoms with Crippen molar-refractivity contribution in [2.75, 3.05) is 14.2 Å². The van der Waals surface area contributed by atoms with Crippen molar-refractivity contribution in [3.8, 4) is 11.5 Å². The summed E-state index contributed by atoms with van der Waals surface area (Å²) in [6.45, 7) is 2.16. The maximum absolute atomic E-state index is 5.68. The van der Waals surface area contributed by atoms with Gasteiger partial charge in [-0.15, -0.1) is 0 Å². The number of ether oxygens (including phenoxy) is 2. The maximum Gasteiger partial charge on any atom is 0.134 e. The highest BCUT2D eigenvalue weighted by atomic mass is 28.1. The van der Waals surface area contributed by atoms with Crippen molar-refractivity contribution in [1.29, 1.82) is 0 Å². The molecule has 3 heteroatoms. The molecule has 0 aromatic heterocycles. The molecule has 0 saturated heterocycles. The lowest BCUT2D eigenvalue weighted by molar-refractivity contribution is 0.417. The van der Waals surface area contributed by atoms with Crippen molar-refractivity contribution < 1.29 is 9.47 Å². The van der Waals surface area contributed by atoms with Crippen molar-refractivity contribution in [2.24, 2.45) is 0 Å². The number of hydrogen-bond acceptors (Lipinski definition) is 2. The first-order valence-electron chi connectivity index (χ1n) is 6.85. The Morgan fingerprint density at radius 1 is 0.762 bits per heavy atom. The van der Waals surface area contributed by atoms with Crippen LogP contribution in [0.15, 0.2) is 42.5 Å². The Kier molecular flexibility index (Phi) is 4.53. The average molecular weight is 298 g/mol. The van der Waals surface area contributed by atoms with Crippen LogP contribution in [0.25, 0.3) is 21.5 Å². The van der Waals surface area contributed by atoms with Crippen LogP contribution in [-0.2, 0) is 6.42 Å². The third kappa shape index (κ3) is 2.38. The molecule has 0 aliphatic heterocycles. The Hall–Kier alpha value is -2.00. The molecule has 3 aromatic carbocycles. The van der Waals surface area contributed by atoms with Gasteiger partial charge in [0, 0.05) is 21.5 Å². The number of hydrogen-bond donors (Lipinski definition) is 0. The minimum absolute atomic E-state index is 0. The summed E-state index contributed by atoms with van der Waals surface area (Å²) < 4.78 is 11.3. The van der Waals surface area contributed by atoms with Crippen LogP contribution in [0, 0.1) is 0 Å². The van der Waals surface area contributed by atoms with Crippen LogP contribution in [0.2, 0.25) is 0 Å². The van der Waals surface area contributed by atoms with Gasteiger partial charge < -0.3 is 9.47 Å². The fourth-order valence-electron chi connectivity index (χ4n) is 2.81. The standard InChI is InChI=1S/C18H18O2.H4Si/c1-4-12-9-10-15-16(11-12)18(20-3)14-8-6-5-7-13(14)17(15)19-2;/h5-11H,4H2,1-3H3;1H4. The molecule has 0 amide bonds. The molecule has 3 rings (SSSR count). The van der Waals surface area contributed by atoms with E-state index < -0.39 is 0 Å². The Balaban J connectivity index is 0.00000161. The molecule has 21 heavy (non-hydrogen) atoms. The van der Waals surface area contributed by atoms with E-state index in [9.17, 15) is 0 Å². The molecule has 0 radical (unpaired) electrons. The lowest BCUT2D eigenvalue weighted by Crippen LogP contribution is -1.93. The second-order valence-corrected chi connectivity index (χ2v) is 4.85. The summed E-state index contributed by atoms with van der Waals surface area (Å²) in [5, 5.41) is 4.39. The Bertz CT molecular complexity index is 781. The van der Waals surface area contributed by atoms with Gasteiger partial charge in [0.2, 0.25) is 0 Å². The number of benzene rings is 3. The number of methoxy groups -OCH3 is 2. The van der Waals surface area contributed by atoms with E-state index >= 15 is 0 Å². The predicted octanol–water partition coefficient (Wildman–Crippen LogP) is 3.12. The van der Waals surface area contributed by atoms with Crippen molar-refractivity contribution in [2.45, 2.75) is 13.3 Å². The quantitative estimate of drug-likeness (QED) is 0.546. The fraction of sp³-hybridized carbons (Fsp3) is 0.222. The summed E-state index contributed by atoms with van der Waals surface area (Å²) >= 11 is 0. The lowest BCUT2D eigenvalue weighted by atomic mass is 9.98. The normalized spacial score (nSPS) is 10.4. The first-order valence-corrected chi connectivity index (χ1v) is 6.85. The minimum Gasteiger partial charge on any atom is -0.495 e. The zero-order valence-corrected chi connectivity index (χ0v) is 12.1. The zero-order valence-electron chi connectivity index (χ0n) is 12.1. The Morgan fingerprint density at radius 2 is 1.29 bits per heavy atom. The van der Waals surface area contributed by atoms with Crippen LogP contribution in [0.5, 0.6) is 11.5 Å². The molecule has 0 aliphatic rings. The van der Waals surface area contributed by atoms with Crippen LogP contribution in [0.3, 0.4) is 0 Å². The molecule has 110 valence electrons. The van der Waals surface area contributed by atoms with Gasteiger partial charge in [-0.25, -0.2) is 0 Å². The van der Waals surface area contributed by atoms with Crippen molar-refractivity contribution in [3.63, 3.8) is 0 Å². The van der Waals surface area contributed by atoms with E-state index in [1.807, 2.05) is 12.1 Å². The van der Waals surface area contributed by atoms with Gasteiger partial charge in [0.15, 0.2) is 0 Å². The SMILES string of the molecule is CCc1ccc2c(OC)c3ccccc3c(OC)c2c1.[SiH4]. The number of fused-ring (bicyclic) bond motifs is 2. The average Bonchev–Trinajstić information content (AvgIpc) is 2.51. The zero-order chi connectivity index (χ0) is 14.1. The van der Waals surface area contributed by atoms with E-state index in [1.165, 1.54) is 5.56 Å². The highest BCUT2D eigenvalue weighted by Crippen LogP contribution is 2.42. The molecular weight excluding hydrogens is 276 g/mol. The second kappa shape index (κ2) is 6.18. The Labute approximate surface area is 129 Å².